The summed E-state index contributed by atoms with van der Waals surface area (Å²) in [6.07, 6.45) is 1.05. The smallest absolute Gasteiger partial charge is 0.167 e. The van der Waals surface area contributed by atoms with E-state index in [1.807, 2.05) is 6.07 Å². The lowest BCUT2D eigenvalue weighted by Gasteiger charge is -2.40. The molecule has 18 heavy (non-hydrogen) atoms. The van der Waals surface area contributed by atoms with E-state index in [0.29, 0.717) is 17.8 Å². The summed E-state index contributed by atoms with van der Waals surface area (Å²) in [4.78, 5) is 2.28. The van der Waals surface area contributed by atoms with Crippen LogP contribution in [0.5, 0.6) is 5.75 Å². The molecule has 0 spiro atoms. The van der Waals surface area contributed by atoms with Gasteiger partial charge < -0.3 is 15.0 Å². The Bertz CT molecular complexity index is 411. The van der Waals surface area contributed by atoms with E-state index >= 15 is 0 Å². The number of piperazine rings is 1. The monoisotopic (exact) mass is 252 g/mol. The number of methoxy groups -OCH3 is 1. The molecule has 0 radical (unpaired) electrons. The van der Waals surface area contributed by atoms with Crippen molar-refractivity contribution in [2.45, 2.75) is 32.4 Å². The van der Waals surface area contributed by atoms with Gasteiger partial charge in [-0.2, -0.15) is 0 Å². The standard InChI is InChI=1S/C14H21FN2O/c1-4-11-8-16-10(2)9-17(11)12-5-6-14(18-3)13(15)7-12/h5-7,10-11,16H,4,8-9H2,1-3H3. The number of hydrogen-bond donors (Lipinski definition) is 1. The second kappa shape index (κ2) is 5.57. The van der Waals surface area contributed by atoms with E-state index in [2.05, 4.69) is 24.1 Å². The zero-order chi connectivity index (χ0) is 13.1. The lowest BCUT2D eigenvalue weighted by atomic mass is 10.1. The highest BCUT2D eigenvalue weighted by Gasteiger charge is 2.25. The summed E-state index contributed by atoms with van der Waals surface area (Å²) in [6, 6.07) is 6.05. The molecule has 2 unspecified atom stereocenters. The van der Waals surface area contributed by atoms with E-state index < -0.39 is 0 Å². The van der Waals surface area contributed by atoms with E-state index in [-0.39, 0.29) is 5.82 Å². The second-order valence-corrected chi connectivity index (χ2v) is 4.84. The van der Waals surface area contributed by atoms with E-state index in [0.717, 1.165) is 25.2 Å². The average Bonchev–Trinajstić information content (AvgIpc) is 2.38. The van der Waals surface area contributed by atoms with Crippen LogP contribution in [0.1, 0.15) is 20.3 Å². The highest BCUT2D eigenvalue weighted by Crippen LogP contribution is 2.26. The fourth-order valence-electron chi connectivity index (χ4n) is 2.47. The maximum absolute atomic E-state index is 13.8. The molecule has 1 fully saturated rings. The van der Waals surface area contributed by atoms with Gasteiger partial charge in [-0.05, 0) is 25.5 Å². The number of rotatable bonds is 3. The van der Waals surface area contributed by atoms with E-state index in [1.54, 1.807) is 12.1 Å². The molecule has 2 atom stereocenters. The van der Waals surface area contributed by atoms with Gasteiger partial charge in [0, 0.05) is 36.9 Å². The Labute approximate surface area is 108 Å². The van der Waals surface area contributed by atoms with Crippen LogP contribution in [0.3, 0.4) is 0 Å². The molecule has 1 saturated heterocycles. The fourth-order valence-corrected chi connectivity index (χ4v) is 2.47. The molecule has 1 heterocycles. The molecule has 100 valence electrons. The minimum absolute atomic E-state index is 0.295. The highest BCUT2D eigenvalue weighted by atomic mass is 19.1. The quantitative estimate of drug-likeness (QED) is 0.894. The molecule has 1 aromatic rings. The molecule has 2 rings (SSSR count). The molecule has 4 heteroatoms. The van der Waals surface area contributed by atoms with Crippen molar-refractivity contribution in [3.05, 3.63) is 24.0 Å². The van der Waals surface area contributed by atoms with Crippen LogP contribution < -0.4 is 15.0 Å². The summed E-state index contributed by atoms with van der Waals surface area (Å²) in [7, 11) is 1.49. The Morgan fingerprint density at radius 3 is 2.89 bits per heavy atom. The maximum Gasteiger partial charge on any atom is 0.167 e. The minimum atomic E-state index is -0.295. The fraction of sp³-hybridized carbons (Fsp3) is 0.571. The molecule has 1 aromatic carbocycles. The predicted molar refractivity (Wildman–Crippen MR) is 71.8 cm³/mol. The molecule has 0 aromatic heterocycles. The third kappa shape index (κ3) is 2.58. The van der Waals surface area contributed by atoms with Crippen LogP contribution in [0.15, 0.2) is 18.2 Å². The van der Waals surface area contributed by atoms with Crippen LogP contribution in [0.25, 0.3) is 0 Å². The van der Waals surface area contributed by atoms with Crippen molar-refractivity contribution in [3.63, 3.8) is 0 Å². The topological polar surface area (TPSA) is 24.5 Å². The SMILES string of the molecule is CCC1CNC(C)CN1c1ccc(OC)c(F)c1. The van der Waals surface area contributed by atoms with Crippen LogP contribution in [0, 0.1) is 5.82 Å². The van der Waals surface area contributed by atoms with E-state index in [1.165, 1.54) is 7.11 Å². The van der Waals surface area contributed by atoms with Crippen molar-refractivity contribution >= 4 is 5.69 Å². The summed E-state index contributed by atoms with van der Waals surface area (Å²) in [5, 5.41) is 3.46. The molecular weight excluding hydrogens is 231 g/mol. The predicted octanol–water partition coefficient (Wildman–Crippen LogP) is 2.41. The first-order valence-corrected chi connectivity index (χ1v) is 6.49. The van der Waals surface area contributed by atoms with Gasteiger partial charge in [-0.1, -0.05) is 6.92 Å². The van der Waals surface area contributed by atoms with Gasteiger partial charge in [-0.25, -0.2) is 4.39 Å². The molecule has 0 bridgehead atoms. The van der Waals surface area contributed by atoms with Crippen molar-refractivity contribution in [3.8, 4) is 5.75 Å². The van der Waals surface area contributed by atoms with Gasteiger partial charge in [0.25, 0.3) is 0 Å². The van der Waals surface area contributed by atoms with Gasteiger partial charge in [0.2, 0.25) is 0 Å². The first-order valence-electron chi connectivity index (χ1n) is 6.49. The van der Waals surface area contributed by atoms with Gasteiger partial charge in [0.15, 0.2) is 11.6 Å². The zero-order valence-electron chi connectivity index (χ0n) is 11.2. The van der Waals surface area contributed by atoms with Crippen LogP contribution in [0.2, 0.25) is 0 Å². The number of nitrogens with zero attached hydrogens (tertiary/aromatic N) is 1. The Kier molecular flexibility index (Phi) is 4.07. The summed E-state index contributed by atoms with van der Waals surface area (Å²) < 4.78 is 18.7. The van der Waals surface area contributed by atoms with Crippen LogP contribution in [-0.2, 0) is 0 Å². The van der Waals surface area contributed by atoms with Gasteiger partial charge in [0.05, 0.1) is 7.11 Å². The molecule has 0 saturated carbocycles. The minimum Gasteiger partial charge on any atom is -0.494 e. The Balaban J connectivity index is 2.25. The lowest BCUT2D eigenvalue weighted by molar-refractivity contribution is 0.384. The van der Waals surface area contributed by atoms with Crippen molar-refractivity contribution < 1.29 is 9.13 Å². The summed E-state index contributed by atoms with van der Waals surface area (Å²) in [5.41, 5.74) is 0.938. The molecule has 1 aliphatic heterocycles. The van der Waals surface area contributed by atoms with Crippen molar-refractivity contribution in [1.82, 2.24) is 5.32 Å². The van der Waals surface area contributed by atoms with Crippen LogP contribution >= 0.6 is 0 Å². The summed E-state index contributed by atoms with van der Waals surface area (Å²) in [5.74, 6) is 0.00557. The molecule has 0 aliphatic carbocycles. The molecule has 3 nitrogen and oxygen atoms in total. The Morgan fingerprint density at radius 1 is 1.50 bits per heavy atom. The average molecular weight is 252 g/mol. The molecule has 1 aliphatic rings. The largest absolute Gasteiger partial charge is 0.494 e. The molecular formula is C14H21FN2O. The van der Waals surface area contributed by atoms with Crippen molar-refractivity contribution in [2.24, 2.45) is 0 Å². The van der Waals surface area contributed by atoms with Crippen molar-refractivity contribution in [1.29, 1.82) is 0 Å². The number of anilines is 1. The first kappa shape index (κ1) is 13.1. The van der Waals surface area contributed by atoms with E-state index in [9.17, 15) is 4.39 Å². The Hall–Kier alpha value is -1.29. The second-order valence-electron chi connectivity index (χ2n) is 4.84. The highest BCUT2D eigenvalue weighted by molar-refractivity contribution is 5.51. The normalized spacial score (nSPS) is 24.1. The first-order chi connectivity index (χ1) is 8.65. The van der Waals surface area contributed by atoms with Gasteiger partial charge in [-0.15, -0.1) is 0 Å². The zero-order valence-corrected chi connectivity index (χ0v) is 11.2. The number of halogens is 1. The number of ether oxygens (including phenoxy) is 1. The van der Waals surface area contributed by atoms with Gasteiger partial charge >= 0.3 is 0 Å². The van der Waals surface area contributed by atoms with E-state index in [4.69, 9.17) is 4.74 Å². The molecule has 0 amide bonds. The number of hydrogen-bond acceptors (Lipinski definition) is 3. The molecule has 1 N–H and O–H groups in total. The maximum atomic E-state index is 13.8. The summed E-state index contributed by atoms with van der Waals surface area (Å²) in [6.45, 7) is 6.17. The van der Waals surface area contributed by atoms with Crippen molar-refractivity contribution in [2.75, 3.05) is 25.1 Å². The Morgan fingerprint density at radius 2 is 2.28 bits per heavy atom. The third-order valence-electron chi connectivity index (χ3n) is 3.55. The van der Waals surface area contributed by atoms with Gasteiger partial charge in [-0.3, -0.25) is 0 Å². The number of nitrogens with one attached hydrogen (secondary N) is 1. The van der Waals surface area contributed by atoms with Crippen LogP contribution in [-0.4, -0.2) is 32.3 Å². The van der Waals surface area contributed by atoms with Crippen LogP contribution in [0.4, 0.5) is 10.1 Å². The summed E-state index contributed by atoms with van der Waals surface area (Å²) >= 11 is 0. The van der Waals surface area contributed by atoms with Gasteiger partial charge in [0.1, 0.15) is 0 Å². The lowest BCUT2D eigenvalue weighted by Crippen LogP contribution is -2.55. The third-order valence-corrected chi connectivity index (χ3v) is 3.55. The number of benzene rings is 1.